The van der Waals surface area contributed by atoms with Gasteiger partial charge in [-0.2, -0.15) is 5.10 Å². The van der Waals surface area contributed by atoms with Gasteiger partial charge in [0.15, 0.2) is 0 Å². The number of carbonyl (C=O) groups excluding carboxylic acids is 1. The summed E-state index contributed by atoms with van der Waals surface area (Å²) < 4.78 is 1.76. The molecule has 0 bridgehead atoms. The highest BCUT2D eigenvalue weighted by Gasteiger charge is 2.27. The number of aromatic nitrogens is 2. The molecule has 1 atom stereocenters. The van der Waals surface area contributed by atoms with Gasteiger partial charge in [0.25, 0.3) is 5.91 Å². The molecule has 0 spiro atoms. The van der Waals surface area contributed by atoms with Gasteiger partial charge in [0.1, 0.15) is 0 Å². The molecule has 1 aromatic heterocycles. The van der Waals surface area contributed by atoms with Crippen molar-refractivity contribution < 1.29 is 9.90 Å². The maximum atomic E-state index is 12.8. The second kappa shape index (κ2) is 7.37. The van der Waals surface area contributed by atoms with Gasteiger partial charge < -0.3 is 10.0 Å². The number of rotatable bonds is 4. The molecule has 1 fully saturated rings. The van der Waals surface area contributed by atoms with E-state index in [9.17, 15) is 9.90 Å². The smallest absolute Gasteiger partial charge is 0.257 e. The Hall–Kier alpha value is -2.18. The summed E-state index contributed by atoms with van der Waals surface area (Å²) >= 11 is 0. The first-order chi connectivity index (χ1) is 12.0. The van der Waals surface area contributed by atoms with Crippen molar-refractivity contribution in [3.63, 3.8) is 0 Å². The van der Waals surface area contributed by atoms with Crippen LogP contribution < -0.4 is 0 Å². The first kappa shape index (κ1) is 17.6. The lowest BCUT2D eigenvalue weighted by Crippen LogP contribution is -2.49. The van der Waals surface area contributed by atoms with E-state index >= 15 is 0 Å². The zero-order valence-electron chi connectivity index (χ0n) is 15.1. The van der Waals surface area contributed by atoms with E-state index in [4.69, 9.17) is 0 Å². The van der Waals surface area contributed by atoms with Crippen LogP contribution in [0.15, 0.2) is 30.3 Å². The van der Waals surface area contributed by atoms with Crippen LogP contribution in [0.2, 0.25) is 0 Å². The number of β-amino-alcohol motifs (C(OH)–C–C–N with tert-alkyl or cyclic N) is 1. The summed E-state index contributed by atoms with van der Waals surface area (Å²) in [7, 11) is 1.86. The number of aliphatic hydroxyl groups excluding tert-OH is 1. The number of amides is 1. The maximum Gasteiger partial charge on any atom is 0.257 e. The highest BCUT2D eigenvalue weighted by molar-refractivity contribution is 5.96. The fourth-order valence-electron chi connectivity index (χ4n) is 3.40. The molecule has 134 valence electrons. The minimum atomic E-state index is -0.494. The fourth-order valence-corrected chi connectivity index (χ4v) is 3.40. The lowest BCUT2D eigenvalue weighted by molar-refractivity contribution is 0.0526. The molecule has 1 N–H and O–H groups in total. The van der Waals surface area contributed by atoms with Gasteiger partial charge in [0.05, 0.1) is 17.4 Å². The Balaban J connectivity index is 1.57. The van der Waals surface area contributed by atoms with Crippen LogP contribution in [-0.2, 0) is 7.05 Å². The fraction of sp³-hybridized carbons (Fsp3) is 0.474. The second-order valence-corrected chi connectivity index (χ2v) is 6.69. The maximum absolute atomic E-state index is 12.8. The normalized spacial score (nSPS) is 16.9. The average Bonchev–Trinajstić information content (AvgIpc) is 2.88. The van der Waals surface area contributed by atoms with Crippen LogP contribution in [-0.4, -0.2) is 63.3 Å². The number of aliphatic hydroxyl groups is 1. The summed E-state index contributed by atoms with van der Waals surface area (Å²) in [5.74, 6) is 0.0614. The molecule has 2 heterocycles. The van der Waals surface area contributed by atoms with Crippen molar-refractivity contribution in [2.24, 2.45) is 7.05 Å². The minimum Gasteiger partial charge on any atom is -0.387 e. The van der Waals surface area contributed by atoms with Crippen molar-refractivity contribution in [3.05, 3.63) is 52.8 Å². The third-order valence-electron chi connectivity index (χ3n) is 5.00. The van der Waals surface area contributed by atoms with Crippen LogP contribution in [0.1, 0.15) is 33.4 Å². The summed E-state index contributed by atoms with van der Waals surface area (Å²) in [5, 5.41) is 14.7. The highest BCUT2D eigenvalue weighted by atomic mass is 16.3. The van der Waals surface area contributed by atoms with Crippen molar-refractivity contribution in [3.8, 4) is 0 Å². The Morgan fingerprint density at radius 1 is 1.16 bits per heavy atom. The molecular formula is C19H26N4O2. The van der Waals surface area contributed by atoms with E-state index in [1.807, 2.05) is 56.1 Å². The third kappa shape index (κ3) is 3.75. The Morgan fingerprint density at radius 2 is 1.80 bits per heavy atom. The summed E-state index contributed by atoms with van der Waals surface area (Å²) in [6, 6.07) is 9.71. The molecule has 3 rings (SSSR count). The highest BCUT2D eigenvalue weighted by Crippen LogP contribution is 2.18. The molecular weight excluding hydrogens is 316 g/mol. The zero-order valence-corrected chi connectivity index (χ0v) is 15.1. The van der Waals surface area contributed by atoms with E-state index in [1.54, 1.807) is 4.68 Å². The van der Waals surface area contributed by atoms with Crippen molar-refractivity contribution in [1.29, 1.82) is 0 Å². The number of piperazine rings is 1. The van der Waals surface area contributed by atoms with Crippen LogP contribution in [0.4, 0.5) is 0 Å². The lowest BCUT2D eigenvalue weighted by atomic mass is 10.1. The van der Waals surface area contributed by atoms with Gasteiger partial charge in [-0.25, -0.2) is 0 Å². The van der Waals surface area contributed by atoms with Gasteiger partial charge in [0.2, 0.25) is 0 Å². The molecule has 1 aliphatic heterocycles. The molecule has 25 heavy (non-hydrogen) atoms. The topological polar surface area (TPSA) is 61.6 Å². The van der Waals surface area contributed by atoms with E-state index in [0.717, 1.165) is 35.6 Å². The van der Waals surface area contributed by atoms with Gasteiger partial charge in [-0.15, -0.1) is 0 Å². The number of aryl methyl sites for hydroxylation is 2. The minimum absolute atomic E-state index is 0.0614. The average molecular weight is 342 g/mol. The van der Waals surface area contributed by atoms with Gasteiger partial charge >= 0.3 is 0 Å². The van der Waals surface area contributed by atoms with Crippen LogP contribution in [0.25, 0.3) is 0 Å². The predicted octanol–water partition coefficient (Wildman–Crippen LogP) is 1.53. The molecule has 6 heteroatoms. The molecule has 1 saturated heterocycles. The second-order valence-electron chi connectivity index (χ2n) is 6.69. The van der Waals surface area contributed by atoms with Gasteiger partial charge in [0, 0.05) is 45.5 Å². The quantitative estimate of drug-likeness (QED) is 0.915. The number of nitrogens with zero attached hydrogens (tertiary/aromatic N) is 4. The monoisotopic (exact) mass is 342 g/mol. The Morgan fingerprint density at radius 3 is 2.36 bits per heavy atom. The number of benzene rings is 1. The molecule has 0 aliphatic carbocycles. The molecule has 2 aromatic rings. The first-order valence-corrected chi connectivity index (χ1v) is 8.72. The largest absolute Gasteiger partial charge is 0.387 e. The van der Waals surface area contributed by atoms with Crippen molar-refractivity contribution in [2.75, 3.05) is 32.7 Å². The van der Waals surface area contributed by atoms with E-state index < -0.39 is 6.10 Å². The van der Waals surface area contributed by atoms with E-state index in [-0.39, 0.29) is 5.91 Å². The summed E-state index contributed by atoms with van der Waals surface area (Å²) in [4.78, 5) is 16.9. The standard InChI is InChI=1S/C19H26N4O2/c1-14-18(15(2)21(3)20-14)19(25)23-11-9-22(10-12-23)13-17(24)16-7-5-4-6-8-16/h4-8,17,24H,9-13H2,1-3H3/t17-/m0/s1. The van der Waals surface area contributed by atoms with E-state index in [2.05, 4.69) is 10.00 Å². The molecule has 6 nitrogen and oxygen atoms in total. The molecule has 0 saturated carbocycles. The molecule has 1 aliphatic rings. The van der Waals surface area contributed by atoms with Crippen molar-refractivity contribution in [2.45, 2.75) is 20.0 Å². The van der Waals surface area contributed by atoms with Crippen LogP contribution in [0.5, 0.6) is 0 Å². The summed E-state index contributed by atoms with van der Waals surface area (Å²) in [6.07, 6.45) is -0.494. The summed E-state index contributed by atoms with van der Waals surface area (Å²) in [5.41, 5.74) is 3.35. The van der Waals surface area contributed by atoms with Crippen LogP contribution in [0.3, 0.4) is 0 Å². The SMILES string of the molecule is Cc1nn(C)c(C)c1C(=O)N1CCN(C[C@H](O)c2ccccc2)CC1. The van der Waals surface area contributed by atoms with Crippen LogP contribution >= 0.6 is 0 Å². The number of hydrogen-bond acceptors (Lipinski definition) is 4. The van der Waals surface area contributed by atoms with Crippen molar-refractivity contribution >= 4 is 5.91 Å². The number of carbonyl (C=O) groups is 1. The zero-order chi connectivity index (χ0) is 18.0. The third-order valence-corrected chi connectivity index (χ3v) is 5.00. The Bertz CT molecular complexity index is 733. The molecule has 0 radical (unpaired) electrons. The molecule has 0 unspecified atom stereocenters. The van der Waals surface area contributed by atoms with Gasteiger partial charge in [-0.05, 0) is 19.4 Å². The Labute approximate surface area is 148 Å². The Kier molecular flexibility index (Phi) is 5.20. The van der Waals surface area contributed by atoms with Crippen molar-refractivity contribution in [1.82, 2.24) is 19.6 Å². The lowest BCUT2D eigenvalue weighted by Gasteiger charge is -2.35. The van der Waals surface area contributed by atoms with Gasteiger partial charge in [-0.1, -0.05) is 30.3 Å². The van der Waals surface area contributed by atoms with E-state index in [0.29, 0.717) is 19.6 Å². The van der Waals surface area contributed by atoms with Crippen LogP contribution in [0, 0.1) is 13.8 Å². The molecule has 1 aromatic carbocycles. The van der Waals surface area contributed by atoms with Gasteiger partial charge in [-0.3, -0.25) is 14.4 Å². The summed E-state index contributed by atoms with van der Waals surface area (Å²) in [6.45, 7) is 7.30. The first-order valence-electron chi connectivity index (χ1n) is 8.72. The molecule has 1 amide bonds. The predicted molar refractivity (Wildman–Crippen MR) is 96.4 cm³/mol. The number of hydrogen-bond donors (Lipinski definition) is 1. The van der Waals surface area contributed by atoms with E-state index in [1.165, 1.54) is 0 Å².